The molecule has 7 heteroatoms. The maximum Gasteiger partial charge on any atom is 0.248 e. The van der Waals surface area contributed by atoms with Crippen molar-refractivity contribution in [3.05, 3.63) is 63.9 Å². The van der Waals surface area contributed by atoms with Crippen molar-refractivity contribution >= 4 is 29.1 Å². The fourth-order valence-electron chi connectivity index (χ4n) is 3.06. The Labute approximate surface area is 161 Å². The highest BCUT2D eigenvalue weighted by molar-refractivity contribution is 6.35. The number of piperidine rings is 1. The quantitative estimate of drug-likeness (QED) is 0.752. The van der Waals surface area contributed by atoms with Gasteiger partial charge in [0.15, 0.2) is 0 Å². The van der Waals surface area contributed by atoms with E-state index in [9.17, 15) is 4.79 Å². The summed E-state index contributed by atoms with van der Waals surface area (Å²) in [5, 5.41) is 0.793. The molecule has 0 radical (unpaired) electrons. The van der Waals surface area contributed by atoms with E-state index in [1.807, 2.05) is 12.1 Å². The molecule has 2 heterocycles. The van der Waals surface area contributed by atoms with Gasteiger partial charge in [0.1, 0.15) is 12.3 Å². The van der Waals surface area contributed by atoms with Crippen LogP contribution in [0.4, 0.5) is 4.39 Å². The predicted molar refractivity (Wildman–Crippen MR) is 99.0 cm³/mol. The highest BCUT2D eigenvalue weighted by Crippen LogP contribution is 2.41. The van der Waals surface area contributed by atoms with Crippen molar-refractivity contribution in [2.75, 3.05) is 19.7 Å². The molecule has 26 heavy (non-hydrogen) atoms. The Morgan fingerprint density at radius 2 is 1.88 bits per heavy atom. The maximum atomic E-state index is 15.3. The molecule has 0 aliphatic carbocycles. The Bertz CT molecular complexity index is 765. The Kier molecular flexibility index (Phi) is 6.12. The number of rotatable bonds is 5. The number of hydrogen-bond donors (Lipinski definition) is 0. The number of hydrogen-bond acceptors (Lipinski definition) is 3. The number of aromatic nitrogens is 1. The van der Waals surface area contributed by atoms with Gasteiger partial charge in [-0.3, -0.25) is 9.78 Å². The van der Waals surface area contributed by atoms with Crippen LogP contribution in [0, 0.1) is 0 Å². The van der Waals surface area contributed by atoms with E-state index in [2.05, 4.69) is 4.98 Å². The first-order valence-corrected chi connectivity index (χ1v) is 9.12. The second kappa shape index (κ2) is 8.33. The van der Waals surface area contributed by atoms with Gasteiger partial charge in [-0.2, -0.15) is 0 Å². The van der Waals surface area contributed by atoms with Crippen molar-refractivity contribution in [2.45, 2.75) is 25.1 Å². The van der Waals surface area contributed by atoms with Crippen molar-refractivity contribution in [1.82, 2.24) is 9.88 Å². The molecule has 4 nitrogen and oxygen atoms in total. The SMILES string of the molecule is O=C(COCc1ccncc1)N1CCC(F)(c2ccc(Cl)cc2Cl)CC1. The minimum absolute atomic E-state index is 0.0245. The van der Waals surface area contributed by atoms with Gasteiger partial charge in [0.05, 0.1) is 6.61 Å². The summed E-state index contributed by atoms with van der Waals surface area (Å²) in [6.45, 7) is 0.971. The van der Waals surface area contributed by atoms with Gasteiger partial charge in [0.25, 0.3) is 0 Å². The summed E-state index contributed by atoms with van der Waals surface area (Å²) in [5.74, 6) is -0.136. The zero-order valence-corrected chi connectivity index (χ0v) is 15.6. The largest absolute Gasteiger partial charge is 0.367 e. The highest BCUT2D eigenvalue weighted by Gasteiger charge is 2.38. The van der Waals surface area contributed by atoms with Crippen LogP contribution in [-0.4, -0.2) is 35.5 Å². The monoisotopic (exact) mass is 396 g/mol. The number of ether oxygens (including phenoxy) is 1. The molecule has 0 bridgehead atoms. The zero-order valence-electron chi connectivity index (χ0n) is 14.1. The fraction of sp³-hybridized carbons (Fsp3) is 0.368. The van der Waals surface area contributed by atoms with E-state index < -0.39 is 5.67 Å². The Hall–Kier alpha value is -1.69. The van der Waals surface area contributed by atoms with Crippen molar-refractivity contribution < 1.29 is 13.9 Å². The first-order valence-electron chi connectivity index (χ1n) is 8.37. The van der Waals surface area contributed by atoms with Crippen molar-refractivity contribution in [2.24, 2.45) is 0 Å². The topological polar surface area (TPSA) is 42.4 Å². The molecule has 3 rings (SSSR count). The van der Waals surface area contributed by atoms with Gasteiger partial charge in [-0.25, -0.2) is 4.39 Å². The molecule has 1 aromatic heterocycles. The molecule has 0 N–H and O–H groups in total. The van der Waals surface area contributed by atoms with Gasteiger partial charge >= 0.3 is 0 Å². The summed E-state index contributed by atoms with van der Waals surface area (Å²) in [7, 11) is 0. The Morgan fingerprint density at radius 1 is 1.19 bits per heavy atom. The number of pyridine rings is 1. The lowest BCUT2D eigenvalue weighted by Gasteiger charge is -2.37. The minimum atomic E-state index is -1.55. The summed E-state index contributed by atoms with van der Waals surface area (Å²) in [6.07, 6.45) is 3.75. The van der Waals surface area contributed by atoms with E-state index in [1.165, 1.54) is 0 Å². The molecule has 1 saturated heterocycles. The van der Waals surface area contributed by atoms with Crippen molar-refractivity contribution in [1.29, 1.82) is 0 Å². The van der Waals surface area contributed by atoms with Gasteiger partial charge < -0.3 is 9.64 Å². The number of halogens is 3. The number of nitrogens with zero attached hydrogens (tertiary/aromatic N) is 2. The van der Waals surface area contributed by atoms with Crippen LogP contribution in [0.3, 0.4) is 0 Å². The average Bonchev–Trinajstić information content (AvgIpc) is 2.63. The van der Waals surface area contributed by atoms with Gasteiger partial charge in [-0.05, 0) is 29.8 Å². The van der Waals surface area contributed by atoms with Crippen molar-refractivity contribution in [3.8, 4) is 0 Å². The van der Waals surface area contributed by atoms with E-state index >= 15 is 4.39 Å². The van der Waals surface area contributed by atoms with E-state index in [-0.39, 0.29) is 25.4 Å². The molecule has 1 aromatic carbocycles. The van der Waals surface area contributed by atoms with Gasteiger partial charge in [-0.1, -0.05) is 29.3 Å². The van der Waals surface area contributed by atoms with Crippen LogP contribution in [0.2, 0.25) is 10.0 Å². The molecule has 138 valence electrons. The third-order valence-electron chi connectivity index (χ3n) is 4.57. The first kappa shape index (κ1) is 19.1. The molecule has 1 aliphatic rings. The first-order chi connectivity index (χ1) is 12.5. The molecular formula is C19H19Cl2FN2O2. The standard InChI is InChI=1S/C19H19Cl2FN2O2/c20-15-1-2-16(17(21)11-15)19(22)5-9-24(10-6-19)18(25)13-26-12-14-3-7-23-8-4-14/h1-4,7-8,11H,5-6,9-10,12-13H2. The lowest BCUT2D eigenvalue weighted by molar-refractivity contribution is -0.139. The molecule has 1 amide bonds. The molecule has 2 aromatic rings. The molecule has 0 spiro atoms. The number of benzene rings is 1. The lowest BCUT2D eigenvalue weighted by Crippen LogP contribution is -2.44. The molecule has 0 atom stereocenters. The highest BCUT2D eigenvalue weighted by atomic mass is 35.5. The second-order valence-electron chi connectivity index (χ2n) is 6.32. The third kappa shape index (κ3) is 4.53. The van der Waals surface area contributed by atoms with E-state index in [0.717, 1.165) is 5.56 Å². The summed E-state index contributed by atoms with van der Waals surface area (Å²) < 4.78 is 20.8. The fourth-order valence-corrected chi connectivity index (χ4v) is 3.64. The summed E-state index contributed by atoms with van der Waals surface area (Å²) in [4.78, 5) is 17.8. The van der Waals surface area contributed by atoms with Gasteiger partial charge in [-0.15, -0.1) is 0 Å². The number of carbonyl (C=O) groups is 1. The van der Waals surface area contributed by atoms with Crippen LogP contribution < -0.4 is 0 Å². The molecule has 0 unspecified atom stereocenters. The third-order valence-corrected chi connectivity index (χ3v) is 5.11. The molecular weight excluding hydrogens is 378 g/mol. The number of alkyl halides is 1. The van der Waals surface area contributed by atoms with E-state index in [1.54, 1.807) is 35.5 Å². The number of amides is 1. The predicted octanol–water partition coefficient (Wildman–Crippen LogP) is 4.39. The smallest absolute Gasteiger partial charge is 0.248 e. The summed E-state index contributed by atoms with van der Waals surface area (Å²) >= 11 is 12.0. The van der Waals surface area contributed by atoms with Crippen LogP contribution >= 0.6 is 23.2 Å². The molecule has 1 fully saturated rings. The number of likely N-dealkylation sites (tertiary alicyclic amines) is 1. The normalized spacial score (nSPS) is 16.5. The Balaban J connectivity index is 1.51. The number of carbonyl (C=O) groups excluding carboxylic acids is 1. The van der Waals surface area contributed by atoms with Crippen LogP contribution in [-0.2, 0) is 21.8 Å². The van der Waals surface area contributed by atoms with Gasteiger partial charge in [0, 0.05) is 53.9 Å². The zero-order chi connectivity index (χ0) is 18.6. The van der Waals surface area contributed by atoms with Crippen LogP contribution in [0.25, 0.3) is 0 Å². The van der Waals surface area contributed by atoms with Crippen molar-refractivity contribution in [3.63, 3.8) is 0 Å². The van der Waals surface area contributed by atoms with E-state index in [0.29, 0.717) is 35.3 Å². The molecule has 1 aliphatic heterocycles. The molecule has 0 saturated carbocycles. The average molecular weight is 397 g/mol. The van der Waals surface area contributed by atoms with Gasteiger partial charge in [0.2, 0.25) is 5.91 Å². The second-order valence-corrected chi connectivity index (χ2v) is 7.16. The maximum absolute atomic E-state index is 15.3. The lowest BCUT2D eigenvalue weighted by atomic mass is 9.86. The van der Waals surface area contributed by atoms with Crippen LogP contribution in [0.5, 0.6) is 0 Å². The summed E-state index contributed by atoms with van der Waals surface area (Å²) in [5.41, 5.74) is -0.160. The summed E-state index contributed by atoms with van der Waals surface area (Å²) in [6, 6.07) is 8.47. The van der Waals surface area contributed by atoms with Crippen LogP contribution in [0.15, 0.2) is 42.7 Å². The van der Waals surface area contributed by atoms with Crippen LogP contribution in [0.1, 0.15) is 24.0 Å². The Morgan fingerprint density at radius 3 is 2.54 bits per heavy atom. The minimum Gasteiger partial charge on any atom is -0.367 e. The van der Waals surface area contributed by atoms with E-state index in [4.69, 9.17) is 27.9 Å².